The largest absolute Gasteiger partial charge is 0.496 e. The van der Waals surface area contributed by atoms with Crippen molar-refractivity contribution in [2.75, 3.05) is 53.4 Å². The van der Waals surface area contributed by atoms with E-state index < -0.39 is 0 Å². The molecule has 0 bridgehead atoms. The third-order valence-corrected chi connectivity index (χ3v) is 4.25. The second-order valence-electron chi connectivity index (χ2n) is 5.96. The van der Waals surface area contributed by atoms with Gasteiger partial charge in [0, 0.05) is 44.3 Å². The molecule has 1 heterocycles. The first kappa shape index (κ1) is 16.3. The van der Waals surface area contributed by atoms with Crippen molar-refractivity contribution in [3.8, 4) is 5.75 Å². The number of hydrogen-bond acceptors (Lipinski definition) is 4. The number of methoxy groups -OCH3 is 1. The van der Waals surface area contributed by atoms with Crippen LogP contribution >= 0.6 is 0 Å². The highest BCUT2D eigenvalue weighted by molar-refractivity contribution is 5.39. The highest BCUT2D eigenvalue weighted by Gasteiger charge is 2.21. The van der Waals surface area contributed by atoms with E-state index in [1.54, 1.807) is 7.11 Å². The molecule has 4 nitrogen and oxygen atoms in total. The Bertz CT molecular complexity index is 442. The average Bonchev–Trinajstić information content (AvgIpc) is 2.49. The van der Waals surface area contributed by atoms with Gasteiger partial charge in [-0.25, -0.2) is 0 Å². The monoisotopic (exact) mass is 291 g/mol. The Kier molecular flexibility index (Phi) is 6.03. The lowest BCUT2D eigenvalue weighted by Crippen LogP contribution is -2.47. The van der Waals surface area contributed by atoms with Gasteiger partial charge in [-0.3, -0.25) is 4.90 Å². The van der Waals surface area contributed by atoms with E-state index in [-0.39, 0.29) is 0 Å². The summed E-state index contributed by atoms with van der Waals surface area (Å²) in [6, 6.07) is 6.77. The van der Waals surface area contributed by atoms with Crippen molar-refractivity contribution >= 4 is 0 Å². The summed E-state index contributed by atoms with van der Waals surface area (Å²) in [7, 11) is 3.95. The second-order valence-corrected chi connectivity index (χ2v) is 5.96. The fraction of sp³-hybridized carbons (Fsp3) is 0.647. The molecule has 1 N–H and O–H groups in total. The van der Waals surface area contributed by atoms with E-state index in [2.05, 4.69) is 54.2 Å². The van der Waals surface area contributed by atoms with Crippen molar-refractivity contribution in [2.24, 2.45) is 0 Å². The standard InChI is InChI=1S/C17H29N3O/c1-5-18-16(13-20-10-8-19(3)9-11-20)15-12-14(2)6-7-17(15)21-4/h6-7,12,16,18H,5,8-11,13H2,1-4H3. The molecule has 1 unspecified atom stereocenters. The lowest BCUT2D eigenvalue weighted by Gasteiger charge is -2.35. The van der Waals surface area contributed by atoms with E-state index in [0.717, 1.165) is 45.0 Å². The van der Waals surface area contributed by atoms with Crippen LogP contribution < -0.4 is 10.1 Å². The number of rotatable bonds is 6. The van der Waals surface area contributed by atoms with Gasteiger partial charge in [0.25, 0.3) is 0 Å². The maximum Gasteiger partial charge on any atom is 0.123 e. The molecule has 2 rings (SSSR count). The van der Waals surface area contributed by atoms with Gasteiger partial charge in [0.15, 0.2) is 0 Å². The summed E-state index contributed by atoms with van der Waals surface area (Å²) in [6.07, 6.45) is 0. The van der Waals surface area contributed by atoms with Crippen molar-refractivity contribution < 1.29 is 4.74 Å². The van der Waals surface area contributed by atoms with Crippen LogP contribution in [0.15, 0.2) is 18.2 Å². The minimum absolute atomic E-state index is 0.327. The first-order valence-electron chi connectivity index (χ1n) is 7.93. The van der Waals surface area contributed by atoms with Crippen LogP contribution in [0.1, 0.15) is 24.1 Å². The van der Waals surface area contributed by atoms with Gasteiger partial charge in [-0.15, -0.1) is 0 Å². The molecule has 1 aromatic rings. The van der Waals surface area contributed by atoms with E-state index in [9.17, 15) is 0 Å². The predicted molar refractivity (Wildman–Crippen MR) is 88.1 cm³/mol. The van der Waals surface area contributed by atoms with E-state index in [1.807, 2.05) is 0 Å². The van der Waals surface area contributed by atoms with Crippen molar-refractivity contribution in [3.05, 3.63) is 29.3 Å². The minimum Gasteiger partial charge on any atom is -0.496 e. The van der Waals surface area contributed by atoms with Crippen LogP contribution in [0.3, 0.4) is 0 Å². The zero-order chi connectivity index (χ0) is 15.2. The number of nitrogens with zero attached hydrogens (tertiary/aromatic N) is 2. The zero-order valence-corrected chi connectivity index (χ0v) is 13.9. The van der Waals surface area contributed by atoms with Crippen LogP contribution in [0.2, 0.25) is 0 Å². The molecule has 4 heteroatoms. The smallest absolute Gasteiger partial charge is 0.123 e. The number of nitrogens with one attached hydrogen (secondary N) is 1. The van der Waals surface area contributed by atoms with Crippen molar-refractivity contribution in [1.29, 1.82) is 0 Å². The summed E-state index contributed by atoms with van der Waals surface area (Å²) in [6.45, 7) is 10.9. The third kappa shape index (κ3) is 4.43. The van der Waals surface area contributed by atoms with Gasteiger partial charge in [-0.05, 0) is 26.6 Å². The molecule has 0 aliphatic carbocycles. The van der Waals surface area contributed by atoms with Crippen molar-refractivity contribution in [1.82, 2.24) is 15.1 Å². The number of likely N-dealkylation sites (N-methyl/N-ethyl adjacent to an activating group) is 2. The Morgan fingerprint density at radius 3 is 2.57 bits per heavy atom. The lowest BCUT2D eigenvalue weighted by molar-refractivity contribution is 0.142. The molecule has 0 saturated carbocycles. The Morgan fingerprint density at radius 2 is 1.95 bits per heavy atom. The molecule has 0 aromatic heterocycles. The normalized spacial score (nSPS) is 18.7. The molecule has 1 atom stereocenters. The minimum atomic E-state index is 0.327. The SMILES string of the molecule is CCNC(CN1CCN(C)CC1)c1cc(C)ccc1OC. The van der Waals surface area contributed by atoms with Crippen LogP contribution in [-0.2, 0) is 0 Å². The van der Waals surface area contributed by atoms with E-state index in [1.165, 1.54) is 11.1 Å². The van der Waals surface area contributed by atoms with E-state index in [4.69, 9.17) is 4.74 Å². The fourth-order valence-electron chi connectivity index (χ4n) is 2.93. The Balaban J connectivity index is 2.12. The summed E-state index contributed by atoms with van der Waals surface area (Å²) in [5, 5.41) is 3.62. The lowest BCUT2D eigenvalue weighted by atomic mass is 10.0. The highest BCUT2D eigenvalue weighted by Crippen LogP contribution is 2.27. The van der Waals surface area contributed by atoms with Gasteiger partial charge >= 0.3 is 0 Å². The van der Waals surface area contributed by atoms with Gasteiger partial charge in [0.2, 0.25) is 0 Å². The molecule has 21 heavy (non-hydrogen) atoms. The summed E-state index contributed by atoms with van der Waals surface area (Å²) in [5.74, 6) is 0.987. The average molecular weight is 291 g/mol. The quantitative estimate of drug-likeness (QED) is 0.866. The van der Waals surface area contributed by atoms with Crippen LogP contribution in [0.4, 0.5) is 0 Å². The summed E-state index contributed by atoms with van der Waals surface area (Å²) >= 11 is 0. The molecule has 1 aliphatic heterocycles. The summed E-state index contributed by atoms with van der Waals surface area (Å²) in [4.78, 5) is 4.95. The maximum atomic E-state index is 5.57. The van der Waals surface area contributed by atoms with Crippen molar-refractivity contribution in [2.45, 2.75) is 19.9 Å². The Morgan fingerprint density at radius 1 is 1.24 bits per heavy atom. The Labute approximate surface area is 129 Å². The van der Waals surface area contributed by atoms with Crippen LogP contribution in [-0.4, -0.2) is 63.2 Å². The first-order valence-corrected chi connectivity index (χ1v) is 7.93. The molecular weight excluding hydrogens is 262 g/mol. The first-order chi connectivity index (χ1) is 10.1. The van der Waals surface area contributed by atoms with E-state index >= 15 is 0 Å². The van der Waals surface area contributed by atoms with Crippen LogP contribution in [0.25, 0.3) is 0 Å². The van der Waals surface area contributed by atoms with Gasteiger partial charge in [-0.1, -0.05) is 24.6 Å². The van der Waals surface area contributed by atoms with Gasteiger partial charge < -0.3 is 15.0 Å². The maximum absolute atomic E-state index is 5.57. The topological polar surface area (TPSA) is 27.7 Å². The zero-order valence-electron chi connectivity index (χ0n) is 13.9. The summed E-state index contributed by atoms with van der Waals surface area (Å²) < 4.78 is 5.57. The number of hydrogen-bond donors (Lipinski definition) is 1. The second kappa shape index (κ2) is 7.78. The van der Waals surface area contributed by atoms with Gasteiger partial charge in [-0.2, -0.15) is 0 Å². The molecule has 0 spiro atoms. The molecule has 1 saturated heterocycles. The van der Waals surface area contributed by atoms with Gasteiger partial charge in [0.05, 0.1) is 7.11 Å². The van der Waals surface area contributed by atoms with Crippen molar-refractivity contribution in [3.63, 3.8) is 0 Å². The molecule has 0 radical (unpaired) electrons. The fourth-order valence-corrected chi connectivity index (χ4v) is 2.93. The molecule has 1 fully saturated rings. The molecule has 118 valence electrons. The predicted octanol–water partition coefficient (Wildman–Crippen LogP) is 1.90. The van der Waals surface area contributed by atoms with E-state index in [0.29, 0.717) is 6.04 Å². The number of aryl methyl sites for hydroxylation is 1. The van der Waals surface area contributed by atoms with Crippen LogP contribution in [0, 0.1) is 6.92 Å². The third-order valence-electron chi connectivity index (χ3n) is 4.25. The number of ether oxygens (including phenoxy) is 1. The number of piperazine rings is 1. The molecular formula is C17H29N3O. The van der Waals surface area contributed by atoms with Gasteiger partial charge in [0.1, 0.15) is 5.75 Å². The molecule has 0 amide bonds. The summed E-state index contributed by atoms with van der Waals surface area (Å²) in [5.41, 5.74) is 2.56. The Hall–Kier alpha value is -1.10. The van der Waals surface area contributed by atoms with Crippen LogP contribution in [0.5, 0.6) is 5.75 Å². The molecule has 1 aromatic carbocycles. The highest BCUT2D eigenvalue weighted by atomic mass is 16.5. The molecule has 1 aliphatic rings. The number of benzene rings is 1.